The molecule has 2 aliphatic rings. The van der Waals surface area contributed by atoms with Gasteiger partial charge in [0.2, 0.25) is 5.91 Å². The standard InChI is InChI=1S/C22H25N3O7S2/c1-34(29,30)32-18-5-3-2-4-15(18)19-12-16(24-31-19)17-13-33-22(23-17)14-8-10-25(11-9-14)20(26)6-7-21(27)28/h2-5,13-14,19H,6-12H2,1H3,(H,27,28). The van der Waals surface area contributed by atoms with Crippen molar-refractivity contribution < 1.29 is 32.1 Å². The Morgan fingerprint density at radius 2 is 1.97 bits per heavy atom. The van der Waals surface area contributed by atoms with Gasteiger partial charge in [-0.15, -0.1) is 11.3 Å². The molecule has 1 unspecified atom stereocenters. The molecule has 1 atom stereocenters. The molecule has 1 saturated heterocycles. The van der Waals surface area contributed by atoms with Gasteiger partial charge < -0.3 is 19.0 Å². The lowest BCUT2D eigenvalue weighted by molar-refractivity contribution is -0.141. The molecule has 4 rings (SSSR count). The summed E-state index contributed by atoms with van der Waals surface area (Å²) in [5.74, 6) is -0.643. The Morgan fingerprint density at radius 1 is 1.24 bits per heavy atom. The Balaban J connectivity index is 1.35. The van der Waals surface area contributed by atoms with Crippen molar-refractivity contribution in [3.05, 3.63) is 45.9 Å². The first-order chi connectivity index (χ1) is 16.2. The van der Waals surface area contributed by atoms with Crippen LogP contribution in [-0.4, -0.2) is 60.3 Å². The molecule has 1 aromatic carbocycles. The molecular weight excluding hydrogens is 482 g/mol. The third-order valence-corrected chi connectivity index (χ3v) is 7.23. The van der Waals surface area contributed by atoms with Gasteiger partial charge in [0.15, 0.2) is 6.10 Å². The number of likely N-dealkylation sites (tertiary alicyclic amines) is 1. The molecule has 0 saturated carbocycles. The van der Waals surface area contributed by atoms with Gasteiger partial charge in [-0.05, 0) is 18.9 Å². The van der Waals surface area contributed by atoms with E-state index in [0.29, 0.717) is 30.8 Å². The molecule has 0 bridgehead atoms. The van der Waals surface area contributed by atoms with Gasteiger partial charge in [-0.3, -0.25) is 9.59 Å². The summed E-state index contributed by atoms with van der Waals surface area (Å²) in [5, 5.41) is 15.8. The summed E-state index contributed by atoms with van der Waals surface area (Å²) in [6, 6.07) is 6.81. The molecule has 34 heavy (non-hydrogen) atoms. The topological polar surface area (TPSA) is 135 Å². The van der Waals surface area contributed by atoms with Crippen LogP contribution in [0.3, 0.4) is 0 Å². The minimum Gasteiger partial charge on any atom is -0.481 e. The van der Waals surface area contributed by atoms with Gasteiger partial charge in [0.25, 0.3) is 0 Å². The van der Waals surface area contributed by atoms with Crippen molar-refractivity contribution >= 4 is 39.0 Å². The zero-order valence-corrected chi connectivity index (χ0v) is 20.2. The average Bonchev–Trinajstić information content (AvgIpc) is 3.47. The summed E-state index contributed by atoms with van der Waals surface area (Å²) in [6.45, 7) is 1.17. The first-order valence-electron chi connectivity index (χ1n) is 10.9. The lowest BCUT2D eigenvalue weighted by Crippen LogP contribution is -2.38. The summed E-state index contributed by atoms with van der Waals surface area (Å²) in [4.78, 5) is 34.9. The number of rotatable bonds is 8. The van der Waals surface area contributed by atoms with E-state index in [1.807, 2.05) is 5.38 Å². The SMILES string of the molecule is CS(=O)(=O)Oc1ccccc1C1CC(c2csc(C3CCN(C(=O)CCC(=O)O)CC3)n2)=NO1. The second-order valence-electron chi connectivity index (χ2n) is 8.28. The largest absolute Gasteiger partial charge is 0.481 e. The van der Waals surface area contributed by atoms with Gasteiger partial charge in [-0.25, -0.2) is 4.98 Å². The van der Waals surface area contributed by atoms with Gasteiger partial charge in [-0.2, -0.15) is 8.42 Å². The number of piperidine rings is 1. The number of carbonyl (C=O) groups excluding carboxylic acids is 1. The third-order valence-electron chi connectivity index (χ3n) is 5.74. The van der Waals surface area contributed by atoms with Gasteiger partial charge in [-0.1, -0.05) is 23.4 Å². The molecule has 1 N–H and O–H groups in total. The Bertz CT molecular complexity index is 1200. The molecule has 10 nitrogen and oxygen atoms in total. The van der Waals surface area contributed by atoms with Crippen molar-refractivity contribution in [3.8, 4) is 5.75 Å². The maximum absolute atomic E-state index is 12.1. The molecule has 3 heterocycles. The van der Waals surface area contributed by atoms with Crippen LogP contribution in [0.2, 0.25) is 0 Å². The minimum absolute atomic E-state index is 0.0285. The summed E-state index contributed by atoms with van der Waals surface area (Å²) in [7, 11) is -3.67. The zero-order valence-electron chi connectivity index (χ0n) is 18.5. The number of benzene rings is 1. The van der Waals surface area contributed by atoms with Gasteiger partial charge in [0.05, 0.1) is 23.4 Å². The second-order valence-corrected chi connectivity index (χ2v) is 10.7. The minimum atomic E-state index is -3.67. The summed E-state index contributed by atoms with van der Waals surface area (Å²) in [5.41, 5.74) is 2.01. The lowest BCUT2D eigenvalue weighted by Gasteiger charge is -2.31. The molecule has 0 radical (unpaired) electrons. The van der Waals surface area contributed by atoms with E-state index in [4.69, 9.17) is 19.1 Å². The van der Waals surface area contributed by atoms with Gasteiger partial charge in [0, 0.05) is 42.8 Å². The van der Waals surface area contributed by atoms with Crippen LogP contribution in [0.25, 0.3) is 0 Å². The van der Waals surface area contributed by atoms with E-state index in [1.165, 1.54) is 0 Å². The van der Waals surface area contributed by atoms with Crippen LogP contribution in [0.15, 0.2) is 34.8 Å². The third kappa shape index (κ3) is 5.92. The van der Waals surface area contributed by atoms with Gasteiger partial charge in [0.1, 0.15) is 11.5 Å². The van der Waals surface area contributed by atoms with E-state index in [-0.39, 0.29) is 30.4 Å². The van der Waals surface area contributed by atoms with Crippen molar-refractivity contribution in [2.45, 2.75) is 44.1 Å². The lowest BCUT2D eigenvalue weighted by atomic mass is 9.97. The first kappa shape index (κ1) is 24.1. The molecule has 1 aromatic heterocycles. The van der Waals surface area contributed by atoms with Crippen LogP contribution in [0.1, 0.15) is 60.4 Å². The number of aromatic nitrogens is 1. The molecule has 182 valence electrons. The number of hydrogen-bond acceptors (Lipinski definition) is 9. The number of aliphatic carboxylic acids is 1. The highest BCUT2D eigenvalue weighted by atomic mass is 32.2. The molecule has 0 aliphatic carbocycles. The molecule has 2 aromatic rings. The highest BCUT2D eigenvalue weighted by Gasteiger charge is 2.30. The smallest absolute Gasteiger partial charge is 0.306 e. The number of carbonyl (C=O) groups is 2. The fraction of sp³-hybridized carbons (Fsp3) is 0.455. The average molecular weight is 508 g/mol. The quantitative estimate of drug-likeness (QED) is 0.539. The zero-order chi connectivity index (χ0) is 24.3. The van der Waals surface area contributed by atoms with Crippen LogP contribution < -0.4 is 4.18 Å². The second kappa shape index (κ2) is 10.1. The Labute approximate surface area is 201 Å². The molecule has 2 aliphatic heterocycles. The summed E-state index contributed by atoms with van der Waals surface area (Å²) < 4.78 is 28.2. The number of carboxylic acids is 1. The monoisotopic (exact) mass is 507 g/mol. The van der Waals surface area contributed by atoms with Crippen molar-refractivity contribution in [1.29, 1.82) is 0 Å². The van der Waals surface area contributed by atoms with Crippen LogP contribution >= 0.6 is 11.3 Å². The predicted octanol–water partition coefficient (Wildman–Crippen LogP) is 2.92. The normalized spacial score (nSPS) is 18.9. The van der Waals surface area contributed by atoms with Crippen molar-refractivity contribution in [3.63, 3.8) is 0 Å². The Morgan fingerprint density at radius 3 is 2.68 bits per heavy atom. The van der Waals surface area contributed by atoms with E-state index < -0.39 is 22.2 Å². The maximum atomic E-state index is 12.1. The molecule has 12 heteroatoms. The van der Waals surface area contributed by atoms with Crippen molar-refractivity contribution in [2.75, 3.05) is 19.3 Å². The summed E-state index contributed by atoms with van der Waals surface area (Å²) >= 11 is 1.54. The van der Waals surface area contributed by atoms with Crippen LogP contribution in [-0.2, 0) is 24.5 Å². The number of para-hydroxylation sites is 1. The molecule has 1 fully saturated rings. The van der Waals surface area contributed by atoms with E-state index in [9.17, 15) is 18.0 Å². The number of carboxylic acid groups (broad SMARTS) is 1. The maximum Gasteiger partial charge on any atom is 0.306 e. The fourth-order valence-corrected chi connectivity index (χ4v) is 5.51. The number of hydrogen-bond donors (Lipinski definition) is 1. The van der Waals surface area contributed by atoms with Crippen LogP contribution in [0.4, 0.5) is 0 Å². The summed E-state index contributed by atoms with van der Waals surface area (Å²) in [6.07, 6.45) is 2.38. The highest BCUT2D eigenvalue weighted by molar-refractivity contribution is 7.86. The van der Waals surface area contributed by atoms with E-state index >= 15 is 0 Å². The molecule has 0 spiro atoms. The number of nitrogens with zero attached hydrogens (tertiary/aromatic N) is 3. The van der Waals surface area contributed by atoms with Gasteiger partial charge >= 0.3 is 16.1 Å². The Hall–Kier alpha value is -2.99. The van der Waals surface area contributed by atoms with Crippen molar-refractivity contribution in [1.82, 2.24) is 9.88 Å². The Kier molecular flexibility index (Phi) is 7.17. The number of amides is 1. The fourth-order valence-electron chi connectivity index (χ4n) is 4.04. The van der Waals surface area contributed by atoms with Crippen molar-refractivity contribution in [2.24, 2.45) is 5.16 Å². The van der Waals surface area contributed by atoms with E-state index in [2.05, 4.69) is 5.16 Å². The predicted molar refractivity (Wildman–Crippen MR) is 124 cm³/mol. The number of oxime groups is 1. The van der Waals surface area contributed by atoms with E-state index in [0.717, 1.165) is 29.8 Å². The van der Waals surface area contributed by atoms with E-state index in [1.54, 1.807) is 40.5 Å². The number of thiazole rings is 1. The highest BCUT2D eigenvalue weighted by Crippen LogP contribution is 2.37. The molecule has 1 amide bonds. The van der Waals surface area contributed by atoms with Crippen LogP contribution in [0, 0.1) is 0 Å². The molecular formula is C22H25N3O7S2. The van der Waals surface area contributed by atoms with Crippen LogP contribution in [0.5, 0.6) is 5.75 Å². The first-order valence-corrected chi connectivity index (χ1v) is 13.6.